The Morgan fingerprint density at radius 1 is 0.794 bits per heavy atom. The highest BCUT2D eigenvalue weighted by Gasteiger charge is 2.08. The molecule has 0 aliphatic rings. The number of pyridine rings is 1. The average molecular weight is 476 g/mol. The summed E-state index contributed by atoms with van der Waals surface area (Å²) in [5.74, 6) is 0. The predicted octanol–water partition coefficient (Wildman–Crippen LogP) is 4.56. The number of benzene rings is 2. The normalized spacial score (nSPS) is 10.4. The number of hydrogen-bond acceptors (Lipinski definition) is 4. The summed E-state index contributed by atoms with van der Waals surface area (Å²) in [5, 5.41) is 15.7. The number of nitrogens with zero attached hydrogens (tertiary/aromatic N) is 3. The summed E-state index contributed by atoms with van der Waals surface area (Å²) in [7, 11) is 0. The molecule has 4 amide bonds. The standard InChI is InChI=1S/C24H22ClN7O2/c25-21-14-20(5-6-22(21)32-12-2-9-29-32)31-24(34)28-16-18-3-1-4-19(13-18)30-23(33)27-15-17-7-10-26-11-8-17/h1-14H,15-16H2,(H2,27,30,33)(H2,28,31,34). The van der Waals surface area contributed by atoms with Crippen molar-refractivity contribution < 1.29 is 9.59 Å². The lowest BCUT2D eigenvalue weighted by Crippen LogP contribution is -2.29. The summed E-state index contributed by atoms with van der Waals surface area (Å²) < 4.78 is 1.65. The molecule has 9 nitrogen and oxygen atoms in total. The van der Waals surface area contributed by atoms with Gasteiger partial charge in [0.25, 0.3) is 0 Å². The minimum absolute atomic E-state index is 0.277. The largest absolute Gasteiger partial charge is 0.334 e. The van der Waals surface area contributed by atoms with Crippen LogP contribution in [-0.4, -0.2) is 26.8 Å². The van der Waals surface area contributed by atoms with E-state index in [4.69, 9.17) is 11.6 Å². The predicted molar refractivity (Wildman–Crippen MR) is 131 cm³/mol. The Bertz CT molecular complexity index is 1260. The van der Waals surface area contributed by atoms with Gasteiger partial charge in [0.2, 0.25) is 0 Å². The zero-order chi connectivity index (χ0) is 23.8. The van der Waals surface area contributed by atoms with Crippen molar-refractivity contribution in [3.8, 4) is 5.69 Å². The summed E-state index contributed by atoms with van der Waals surface area (Å²) in [6.07, 6.45) is 6.79. The zero-order valence-electron chi connectivity index (χ0n) is 18.0. The Labute approximate surface area is 201 Å². The van der Waals surface area contributed by atoms with Crippen LogP contribution in [0.3, 0.4) is 0 Å². The first-order chi connectivity index (χ1) is 16.6. The highest BCUT2D eigenvalue weighted by Crippen LogP contribution is 2.23. The second-order valence-corrected chi connectivity index (χ2v) is 7.70. The Morgan fingerprint density at radius 3 is 2.18 bits per heavy atom. The molecule has 2 aromatic carbocycles. The van der Waals surface area contributed by atoms with Gasteiger partial charge >= 0.3 is 12.1 Å². The number of hydrogen-bond donors (Lipinski definition) is 4. The lowest BCUT2D eigenvalue weighted by molar-refractivity contribution is 0.251. The molecule has 0 atom stereocenters. The number of anilines is 2. The van der Waals surface area contributed by atoms with Crippen LogP contribution in [0.2, 0.25) is 5.02 Å². The number of halogens is 1. The van der Waals surface area contributed by atoms with Crippen LogP contribution in [0.1, 0.15) is 11.1 Å². The van der Waals surface area contributed by atoms with Gasteiger partial charge in [-0.25, -0.2) is 14.3 Å². The third-order valence-corrected chi connectivity index (χ3v) is 5.10. The molecule has 0 fully saturated rings. The molecule has 0 unspecified atom stereocenters. The minimum atomic E-state index is -0.378. The van der Waals surface area contributed by atoms with E-state index in [-0.39, 0.29) is 18.6 Å². The van der Waals surface area contributed by atoms with E-state index in [0.717, 1.165) is 11.1 Å². The highest BCUT2D eigenvalue weighted by atomic mass is 35.5. The molecule has 34 heavy (non-hydrogen) atoms. The van der Waals surface area contributed by atoms with Crippen molar-refractivity contribution in [3.05, 3.63) is 102 Å². The van der Waals surface area contributed by atoms with E-state index in [1.807, 2.05) is 18.2 Å². The smallest absolute Gasteiger partial charge is 0.319 e. The average Bonchev–Trinajstić information content (AvgIpc) is 3.37. The SMILES string of the molecule is O=C(NCc1ccncc1)Nc1cccc(CNC(=O)Nc2ccc(-n3cccn3)c(Cl)c2)c1. The highest BCUT2D eigenvalue weighted by molar-refractivity contribution is 6.32. The molecular weight excluding hydrogens is 454 g/mol. The molecule has 10 heteroatoms. The van der Waals surface area contributed by atoms with Crippen LogP contribution in [0.25, 0.3) is 5.69 Å². The second kappa shape index (κ2) is 11.0. The lowest BCUT2D eigenvalue weighted by Gasteiger charge is -2.11. The van der Waals surface area contributed by atoms with Crippen molar-refractivity contribution in [1.29, 1.82) is 0 Å². The van der Waals surface area contributed by atoms with E-state index < -0.39 is 0 Å². The maximum Gasteiger partial charge on any atom is 0.319 e. The molecular formula is C24H22ClN7O2. The molecule has 4 N–H and O–H groups in total. The van der Waals surface area contributed by atoms with E-state index in [2.05, 4.69) is 31.3 Å². The van der Waals surface area contributed by atoms with Gasteiger partial charge < -0.3 is 21.3 Å². The molecule has 4 aromatic rings. The number of carbonyl (C=O) groups excluding carboxylic acids is 2. The molecule has 2 heterocycles. The van der Waals surface area contributed by atoms with Crippen LogP contribution in [0.4, 0.5) is 21.0 Å². The fourth-order valence-corrected chi connectivity index (χ4v) is 3.42. The van der Waals surface area contributed by atoms with Crippen molar-refractivity contribution in [1.82, 2.24) is 25.4 Å². The van der Waals surface area contributed by atoms with Gasteiger partial charge in [-0.3, -0.25) is 4.98 Å². The molecule has 2 aromatic heterocycles. The minimum Gasteiger partial charge on any atom is -0.334 e. The quantitative estimate of drug-likeness (QED) is 0.313. The lowest BCUT2D eigenvalue weighted by atomic mass is 10.2. The molecule has 0 bridgehead atoms. The third-order valence-electron chi connectivity index (χ3n) is 4.80. The van der Waals surface area contributed by atoms with Gasteiger partial charge in [0.05, 0.1) is 10.7 Å². The van der Waals surface area contributed by atoms with Gasteiger partial charge in [-0.15, -0.1) is 0 Å². The third kappa shape index (κ3) is 6.33. The van der Waals surface area contributed by atoms with Gasteiger partial charge in [-0.2, -0.15) is 5.10 Å². The first kappa shape index (κ1) is 22.8. The van der Waals surface area contributed by atoms with Gasteiger partial charge in [0.1, 0.15) is 0 Å². The van der Waals surface area contributed by atoms with Crippen LogP contribution >= 0.6 is 11.6 Å². The topological polar surface area (TPSA) is 113 Å². The number of urea groups is 2. The number of rotatable bonds is 7. The van der Waals surface area contributed by atoms with Crippen molar-refractivity contribution in [3.63, 3.8) is 0 Å². The molecule has 4 rings (SSSR count). The second-order valence-electron chi connectivity index (χ2n) is 7.29. The van der Waals surface area contributed by atoms with E-state index in [1.54, 1.807) is 71.9 Å². The van der Waals surface area contributed by atoms with E-state index in [0.29, 0.717) is 28.6 Å². The molecule has 0 radical (unpaired) electrons. The van der Waals surface area contributed by atoms with Crippen molar-refractivity contribution >= 4 is 35.0 Å². The van der Waals surface area contributed by atoms with Crippen LogP contribution in [-0.2, 0) is 13.1 Å². The van der Waals surface area contributed by atoms with Crippen molar-refractivity contribution in [2.75, 3.05) is 10.6 Å². The Kier molecular flexibility index (Phi) is 7.36. The monoisotopic (exact) mass is 475 g/mol. The van der Waals surface area contributed by atoms with Gasteiger partial charge in [-0.05, 0) is 59.7 Å². The van der Waals surface area contributed by atoms with Gasteiger partial charge in [0.15, 0.2) is 0 Å². The van der Waals surface area contributed by atoms with Crippen LogP contribution in [0, 0.1) is 0 Å². The summed E-state index contributed by atoms with van der Waals surface area (Å²) in [5.41, 5.74) is 3.67. The van der Waals surface area contributed by atoms with Crippen molar-refractivity contribution in [2.24, 2.45) is 0 Å². The van der Waals surface area contributed by atoms with Gasteiger partial charge in [0, 0.05) is 49.3 Å². The number of aromatic nitrogens is 3. The first-order valence-corrected chi connectivity index (χ1v) is 10.8. The maximum absolute atomic E-state index is 12.3. The Hall–Kier alpha value is -4.37. The Morgan fingerprint density at radius 2 is 1.50 bits per heavy atom. The van der Waals surface area contributed by atoms with Crippen LogP contribution in [0.15, 0.2) is 85.5 Å². The summed E-state index contributed by atoms with van der Waals surface area (Å²) in [4.78, 5) is 28.4. The number of carbonyl (C=O) groups is 2. The Balaban J connectivity index is 1.26. The van der Waals surface area contributed by atoms with Crippen LogP contribution in [0.5, 0.6) is 0 Å². The molecule has 0 saturated heterocycles. The molecule has 0 aliphatic carbocycles. The first-order valence-electron chi connectivity index (χ1n) is 10.4. The summed E-state index contributed by atoms with van der Waals surface area (Å²) >= 11 is 6.32. The molecule has 172 valence electrons. The molecule has 0 spiro atoms. The fourth-order valence-electron chi connectivity index (χ4n) is 3.16. The molecule has 0 saturated carbocycles. The summed E-state index contributed by atoms with van der Waals surface area (Å²) in [6, 6.07) is 17.2. The summed E-state index contributed by atoms with van der Waals surface area (Å²) in [6.45, 7) is 0.668. The van der Waals surface area contributed by atoms with Crippen LogP contribution < -0.4 is 21.3 Å². The van der Waals surface area contributed by atoms with E-state index >= 15 is 0 Å². The number of nitrogens with one attached hydrogen (secondary N) is 4. The van der Waals surface area contributed by atoms with E-state index in [9.17, 15) is 9.59 Å². The van der Waals surface area contributed by atoms with E-state index in [1.165, 1.54) is 0 Å². The fraction of sp³-hybridized carbons (Fsp3) is 0.0833. The molecule has 0 aliphatic heterocycles. The van der Waals surface area contributed by atoms with Crippen molar-refractivity contribution in [2.45, 2.75) is 13.1 Å². The van der Waals surface area contributed by atoms with Gasteiger partial charge in [-0.1, -0.05) is 23.7 Å². The maximum atomic E-state index is 12.3. The zero-order valence-corrected chi connectivity index (χ0v) is 18.8. The number of amides is 4.